The van der Waals surface area contributed by atoms with Crippen LogP contribution >= 0.6 is 45.2 Å². The monoisotopic (exact) mass is 465 g/mol. The van der Waals surface area contributed by atoms with Crippen LogP contribution in [0.4, 0.5) is 0 Å². The fourth-order valence-corrected chi connectivity index (χ4v) is 3.67. The second-order valence-electron chi connectivity index (χ2n) is 3.79. The molecule has 1 heterocycles. The number of halogens is 2. The Kier molecular flexibility index (Phi) is 4.21. The molecule has 0 aliphatic rings. The summed E-state index contributed by atoms with van der Waals surface area (Å²) in [4.78, 5) is 15.3. The van der Waals surface area contributed by atoms with Gasteiger partial charge in [0.05, 0.1) is 5.52 Å². The van der Waals surface area contributed by atoms with Gasteiger partial charge in [0.25, 0.3) is 0 Å². The minimum Gasteiger partial charge on any atom is -0.478 e. The summed E-state index contributed by atoms with van der Waals surface area (Å²) in [6.45, 7) is 1.59. The SMILES string of the molecule is CC(=Cc1c(I)cc(I)c2cccnc12)C(=O)O. The average molecular weight is 465 g/mol. The Morgan fingerprint density at radius 1 is 1.39 bits per heavy atom. The van der Waals surface area contributed by atoms with Crippen molar-refractivity contribution in [2.45, 2.75) is 6.92 Å². The number of hydrogen-bond donors (Lipinski definition) is 1. The van der Waals surface area contributed by atoms with Crippen molar-refractivity contribution in [3.8, 4) is 0 Å². The first-order valence-corrected chi connectivity index (χ1v) is 7.31. The lowest BCUT2D eigenvalue weighted by molar-refractivity contribution is -0.132. The van der Waals surface area contributed by atoms with Gasteiger partial charge in [-0.25, -0.2) is 4.79 Å². The summed E-state index contributed by atoms with van der Waals surface area (Å²) in [6, 6.07) is 5.91. The van der Waals surface area contributed by atoms with E-state index in [1.807, 2.05) is 18.2 Å². The largest absolute Gasteiger partial charge is 0.478 e. The number of nitrogens with zero attached hydrogens (tertiary/aromatic N) is 1. The predicted molar refractivity (Wildman–Crippen MR) is 88.5 cm³/mol. The first kappa shape index (κ1) is 13.7. The molecular weight excluding hydrogens is 456 g/mol. The van der Waals surface area contributed by atoms with Gasteiger partial charge in [0.2, 0.25) is 0 Å². The number of fused-ring (bicyclic) bond motifs is 1. The van der Waals surface area contributed by atoms with Gasteiger partial charge in [-0.05, 0) is 70.3 Å². The molecule has 3 nitrogen and oxygen atoms in total. The van der Waals surface area contributed by atoms with E-state index in [2.05, 4.69) is 50.2 Å². The number of aliphatic carboxylic acids is 1. The van der Waals surface area contributed by atoms with E-state index in [0.717, 1.165) is 23.6 Å². The van der Waals surface area contributed by atoms with E-state index >= 15 is 0 Å². The smallest absolute Gasteiger partial charge is 0.331 e. The molecule has 0 amide bonds. The van der Waals surface area contributed by atoms with Gasteiger partial charge in [0.1, 0.15) is 0 Å². The Hall–Kier alpha value is -0.700. The van der Waals surface area contributed by atoms with Gasteiger partial charge in [-0.3, -0.25) is 4.98 Å². The molecule has 0 saturated carbocycles. The number of carbonyl (C=O) groups is 1. The maximum Gasteiger partial charge on any atom is 0.331 e. The van der Waals surface area contributed by atoms with Crippen LogP contribution in [-0.4, -0.2) is 16.1 Å². The van der Waals surface area contributed by atoms with E-state index in [9.17, 15) is 4.79 Å². The van der Waals surface area contributed by atoms with E-state index < -0.39 is 5.97 Å². The Bertz CT molecular complexity index is 665. The van der Waals surface area contributed by atoms with Crippen molar-refractivity contribution in [2.24, 2.45) is 0 Å². The van der Waals surface area contributed by atoms with Crippen molar-refractivity contribution in [1.82, 2.24) is 4.98 Å². The first-order valence-electron chi connectivity index (χ1n) is 5.15. The maximum absolute atomic E-state index is 10.9. The van der Waals surface area contributed by atoms with Crippen molar-refractivity contribution >= 4 is 68.1 Å². The molecule has 92 valence electrons. The van der Waals surface area contributed by atoms with Crippen molar-refractivity contribution < 1.29 is 9.90 Å². The maximum atomic E-state index is 10.9. The molecule has 1 N–H and O–H groups in total. The minimum absolute atomic E-state index is 0.307. The summed E-state index contributed by atoms with van der Waals surface area (Å²) in [7, 11) is 0. The minimum atomic E-state index is -0.909. The molecule has 0 aliphatic heterocycles. The molecule has 18 heavy (non-hydrogen) atoms. The van der Waals surface area contributed by atoms with E-state index in [1.54, 1.807) is 19.2 Å². The highest BCUT2D eigenvalue weighted by atomic mass is 127. The zero-order valence-corrected chi connectivity index (χ0v) is 13.8. The lowest BCUT2D eigenvalue weighted by Gasteiger charge is -2.07. The lowest BCUT2D eigenvalue weighted by Crippen LogP contribution is -1.97. The Labute approximate surface area is 132 Å². The van der Waals surface area contributed by atoms with E-state index in [4.69, 9.17) is 5.11 Å². The lowest BCUT2D eigenvalue weighted by atomic mass is 10.1. The summed E-state index contributed by atoms with van der Waals surface area (Å²) < 4.78 is 2.12. The Balaban J connectivity index is 2.78. The van der Waals surface area contributed by atoms with Gasteiger partial charge in [-0.2, -0.15) is 0 Å². The topological polar surface area (TPSA) is 50.2 Å². The van der Waals surface area contributed by atoms with Crippen molar-refractivity contribution in [3.05, 3.63) is 42.7 Å². The van der Waals surface area contributed by atoms with Crippen LogP contribution in [0.2, 0.25) is 0 Å². The summed E-state index contributed by atoms with van der Waals surface area (Å²) in [5, 5.41) is 10.0. The standard InChI is InChI=1S/C13H9I2NO2/c1-7(13(17)18)5-9-11(15)6-10(14)8-3-2-4-16-12(8)9/h2-6H,1H3,(H,17,18). The molecule has 0 saturated heterocycles. The van der Waals surface area contributed by atoms with Crippen LogP contribution in [-0.2, 0) is 4.79 Å². The number of benzene rings is 1. The van der Waals surface area contributed by atoms with Gasteiger partial charge in [0, 0.05) is 29.9 Å². The molecule has 0 fully saturated rings. The fourth-order valence-electron chi connectivity index (χ4n) is 1.61. The highest BCUT2D eigenvalue weighted by Gasteiger charge is 2.10. The number of hydrogen-bond acceptors (Lipinski definition) is 2. The number of pyridine rings is 1. The quantitative estimate of drug-likeness (QED) is 0.541. The summed E-state index contributed by atoms with van der Waals surface area (Å²) in [6.07, 6.45) is 3.40. The van der Waals surface area contributed by atoms with Crippen LogP contribution in [0.15, 0.2) is 30.0 Å². The first-order chi connectivity index (χ1) is 8.50. The van der Waals surface area contributed by atoms with Crippen LogP contribution in [0.25, 0.3) is 17.0 Å². The summed E-state index contributed by atoms with van der Waals surface area (Å²) in [5.74, 6) is -0.909. The normalized spacial score (nSPS) is 11.8. The highest BCUT2D eigenvalue weighted by Crippen LogP contribution is 2.28. The van der Waals surface area contributed by atoms with Crippen LogP contribution in [0.3, 0.4) is 0 Å². The average Bonchev–Trinajstić information content (AvgIpc) is 2.34. The third-order valence-electron chi connectivity index (χ3n) is 2.53. The van der Waals surface area contributed by atoms with Crippen molar-refractivity contribution in [2.75, 3.05) is 0 Å². The zero-order chi connectivity index (χ0) is 13.3. The molecule has 0 aliphatic carbocycles. The van der Waals surface area contributed by atoms with E-state index in [-0.39, 0.29) is 0 Å². The second kappa shape index (κ2) is 5.52. The third kappa shape index (κ3) is 2.66. The van der Waals surface area contributed by atoms with Gasteiger partial charge in [0.15, 0.2) is 0 Å². The van der Waals surface area contributed by atoms with Gasteiger partial charge >= 0.3 is 5.97 Å². The predicted octanol–water partition coefficient (Wildman–Crippen LogP) is 3.93. The molecule has 0 radical (unpaired) electrons. The molecule has 0 unspecified atom stereocenters. The summed E-state index contributed by atoms with van der Waals surface area (Å²) >= 11 is 4.47. The number of aromatic nitrogens is 1. The highest BCUT2D eigenvalue weighted by molar-refractivity contribution is 14.1. The molecular formula is C13H9I2NO2. The Morgan fingerprint density at radius 2 is 2.11 bits per heavy atom. The van der Waals surface area contributed by atoms with Crippen LogP contribution in [0.5, 0.6) is 0 Å². The van der Waals surface area contributed by atoms with Crippen molar-refractivity contribution in [3.63, 3.8) is 0 Å². The molecule has 5 heteroatoms. The molecule has 0 bridgehead atoms. The van der Waals surface area contributed by atoms with Crippen molar-refractivity contribution in [1.29, 1.82) is 0 Å². The van der Waals surface area contributed by atoms with Gasteiger partial charge in [-0.15, -0.1) is 0 Å². The van der Waals surface area contributed by atoms with Gasteiger partial charge < -0.3 is 5.11 Å². The molecule has 0 atom stereocenters. The molecule has 2 aromatic rings. The third-order valence-corrected chi connectivity index (χ3v) is 4.31. The molecule has 1 aromatic heterocycles. The summed E-state index contributed by atoms with van der Waals surface area (Å²) in [5.41, 5.74) is 2.02. The number of carboxylic acids is 1. The van der Waals surface area contributed by atoms with Gasteiger partial charge in [-0.1, -0.05) is 6.07 Å². The van der Waals surface area contributed by atoms with Crippen LogP contribution < -0.4 is 0 Å². The second-order valence-corrected chi connectivity index (χ2v) is 6.11. The molecule has 0 spiro atoms. The number of rotatable bonds is 2. The molecule has 2 rings (SSSR count). The van der Waals surface area contributed by atoms with E-state index in [1.165, 1.54) is 0 Å². The number of carboxylic acid groups (broad SMARTS) is 1. The van der Waals surface area contributed by atoms with E-state index in [0.29, 0.717) is 5.57 Å². The zero-order valence-electron chi connectivity index (χ0n) is 9.45. The van der Waals surface area contributed by atoms with Crippen LogP contribution in [0.1, 0.15) is 12.5 Å². The van der Waals surface area contributed by atoms with Crippen LogP contribution in [0, 0.1) is 7.14 Å². The molecule has 1 aromatic carbocycles. The Morgan fingerprint density at radius 3 is 2.78 bits per heavy atom. The fraction of sp³-hybridized carbons (Fsp3) is 0.0769.